The molecule has 3 amide bonds. The highest BCUT2D eigenvalue weighted by atomic mass is 35.5. The molecule has 2 fully saturated rings. The zero-order chi connectivity index (χ0) is 22.9. The highest BCUT2D eigenvalue weighted by Gasteiger charge is 2.51. The maximum absolute atomic E-state index is 13.4. The maximum atomic E-state index is 13.4. The highest BCUT2D eigenvalue weighted by Crippen LogP contribution is 2.44. The van der Waals surface area contributed by atoms with Gasteiger partial charge in [-0.15, -0.1) is 0 Å². The van der Waals surface area contributed by atoms with Crippen molar-refractivity contribution in [2.75, 3.05) is 31.1 Å². The second-order valence-electron chi connectivity index (χ2n) is 8.09. The lowest BCUT2D eigenvalue weighted by Crippen LogP contribution is -2.44. The lowest BCUT2D eigenvalue weighted by molar-refractivity contribution is -0.137. The Hall–Kier alpha value is -2.74. The van der Waals surface area contributed by atoms with Crippen LogP contribution in [0.3, 0.4) is 0 Å². The molecule has 2 aromatic carbocycles. The van der Waals surface area contributed by atoms with Gasteiger partial charge >= 0.3 is 12.2 Å². The van der Waals surface area contributed by atoms with Crippen LogP contribution in [0.4, 0.5) is 23.7 Å². The average Bonchev–Trinajstić information content (AvgIpc) is 3.05. The van der Waals surface area contributed by atoms with Gasteiger partial charge in [0.05, 0.1) is 12.1 Å². The Balaban J connectivity index is 1.69. The first-order valence-corrected chi connectivity index (χ1v) is 10.9. The topological polar surface area (TPSA) is 43.9 Å². The molecule has 9 heteroatoms. The highest BCUT2D eigenvalue weighted by molar-refractivity contribution is 6.29. The van der Waals surface area contributed by atoms with E-state index in [2.05, 4.69) is 0 Å². The van der Waals surface area contributed by atoms with Crippen LogP contribution >= 0.6 is 11.6 Å². The molecular formula is C23H23ClF3N3O2. The van der Waals surface area contributed by atoms with Gasteiger partial charge in [0, 0.05) is 18.8 Å². The summed E-state index contributed by atoms with van der Waals surface area (Å²) in [7, 11) is 0. The van der Waals surface area contributed by atoms with Crippen LogP contribution in [-0.2, 0) is 16.0 Å². The van der Waals surface area contributed by atoms with E-state index in [1.807, 2.05) is 0 Å². The smallest absolute Gasteiger partial charge is 0.341 e. The van der Waals surface area contributed by atoms with Gasteiger partial charge in [0.2, 0.25) is 5.91 Å². The van der Waals surface area contributed by atoms with E-state index in [1.54, 1.807) is 35.2 Å². The number of benzene rings is 2. The summed E-state index contributed by atoms with van der Waals surface area (Å²) in [6.45, 7) is 0.991. The van der Waals surface area contributed by atoms with Crippen molar-refractivity contribution in [3.05, 3.63) is 65.7 Å². The molecule has 0 saturated carbocycles. The molecule has 170 valence electrons. The van der Waals surface area contributed by atoms with Gasteiger partial charge in [-0.1, -0.05) is 41.9 Å². The molecule has 0 aromatic heterocycles. The minimum atomic E-state index is -4.55. The molecule has 0 radical (unpaired) electrons. The number of carbonyl (C=O) groups excluding carboxylic acids is 2. The van der Waals surface area contributed by atoms with Crippen molar-refractivity contribution >= 4 is 29.2 Å². The zero-order valence-electron chi connectivity index (χ0n) is 17.3. The van der Waals surface area contributed by atoms with E-state index in [-0.39, 0.29) is 24.6 Å². The molecule has 2 aliphatic rings. The van der Waals surface area contributed by atoms with Crippen molar-refractivity contribution in [3.63, 3.8) is 0 Å². The Bertz CT molecular complexity index is 995. The third kappa shape index (κ3) is 4.28. The van der Waals surface area contributed by atoms with Gasteiger partial charge in [-0.25, -0.2) is 4.79 Å². The number of para-hydroxylation sites is 1. The third-order valence-electron chi connectivity index (χ3n) is 5.90. The van der Waals surface area contributed by atoms with Crippen molar-refractivity contribution in [3.8, 4) is 0 Å². The van der Waals surface area contributed by atoms with E-state index in [1.165, 1.54) is 21.9 Å². The number of nitrogens with zero attached hydrogens (tertiary/aromatic N) is 3. The molecule has 0 bridgehead atoms. The first kappa shape index (κ1) is 22.5. The first-order valence-electron chi connectivity index (χ1n) is 10.5. The Kier molecular flexibility index (Phi) is 6.07. The molecule has 0 aliphatic carbocycles. The minimum Gasteiger partial charge on any atom is -0.341 e. The van der Waals surface area contributed by atoms with Crippen molar-refractivity contribution in [1.82, 2.24) is 9.80 Å². The minimum absolute atomic E-state index is 0.122. The van der Waals surface area contributed by atoms with Crippen LogP contribution in [0.15, 0.2) is 54.6 Å². The molecule has 1 atom stereocenters. The number of carbonyl (C=O) groups is 2. The number of anilines is 1. The van der Waals surface area contributed by atoms with Crippen LogP contribution in [0.1, 0.15) is 30.4 Å². The van der Waals surface area contributed by atoms with Crippen LogP contribution < -0.4 is 4.90 Å². The molecule has 1 unspecified atom stereocenters. The summed E-state index contributed by atoms with van der Waals surface area (Å²) in [5.74, 6) is -0.184. The van der Waals surface area contributed by atoms with Gasteiger partial charge in [0.15, 0.2) is 5.00 Å². The lowest BCUT2D eigenvalue weighted by atomic mass is 10.0. The number of urea groups is 1. The number of halogens is 4. The van der Waals surface area contributed by atoms with E-state index in [0.29, 0.717) is 18.8 Å². The second-order valence-corrected chi connectivity index (χ2v) is 8.71. The van der Waals surface area contributed by atoms with Crippen LogP contribution in [0, 0.1) is 0 Å². The summed E-state index contributed by atoms with van der Waals surface area (Å²) >= 11 is 6.95. The van der Waals surface area contributed by atoms with Crippen LogP contribution in [0.2, 0.25) is 0 Å². The lowest BCUT2D eigenvalue weighted by Gasteiger charge is -2.32. The van der Waals surface area contributed by atoms with Gasteiger partial charge in [-0.05, 0) is 49.1 Å². The van der Waals surface area contributed by atoms with Gasteiger partial charge in [-0.2, -0.15) is 13.2 Å². The summed E-state index contributed by atoms with van der Waals surface area (Å²) in [6, 6.07) is 12.7. The van der Waals surface area contributed by atoms with Crippen molar-refractivity contribution in [2.45, 2.75) is 30.4 Å². The standard InChI is InChI=1S/C23H23ClF3N3O2/c24-22(17-8-7-9-18(14-17)23(25,26)27)16-29(15-20(31)28-12-5-2-6-13-28)21(32)30(22)19-10-3-1-4-11-19/h1,3-4,7-11,14H,2,5-6,12-13,15-16H2. The van der Waals surface area contributed by atoms with Crippen LogP contribution in [0.5, 0.6) is 0 Å². The summed E-state index contributed by atoms with van der Waals surface area (Å²) in [5, 5.41) is 0. The largest absolute Gasteiger partial charge is 0.416 e. The second kappa shape index (κ2) is 8.65. The quantitative estimate of drug-likeness (QED) is 0.468. The van der Waals surface area contributed by atoms with Gasteiger partial charge in [0.25, 0.3) is 0 Å². The number of rotatable bonds is 4. The predicted molar refractivity (Wildman–Crippen MR) is 115 cm³/mol. The van der Waals surface area contributed by atoms with E-state index in [9.17, 15) is 22.8 Å². The molecule has 0 N–H and O–H groups in total. The summed E-state index contributed by atoms with van der Waals surface area (Å²) in [4.78, 5) is 28.9. The number of alkyl halides is 4. The van der Waals surface area contributed by atoms with Crippen LogP contribution in [-0.4, -0.2) is 47.9 Å². The monoisotopic (exact) mass is 465 g/mol. The Morgan fingerprint density at radius 3 is 2.34 bits per heavy atom. The molecule has 2 heterocycles. The van der Waals surface area contributed by atoms with Gasteiger partial charge < -0.3 is 9.80 Å². The Morgan fingerprint density at radius 2 is 1.69 bits per heavy atom. The van der Waals surface area contributed by atoms with Crippen molar-refractivity contribution in [2.24, 2.45) is 0 Å². The summed E-state index contributed by atoms with van der Waals surface area (Å²) in [5.41, 5.74) is -0.268. The van der Waals surface area contributed by atoms with E-state index in [4.69, 9.17) is 11.6 Å². The first-order chi connectivity index (χ1) is 15.2. The van der Waals surface area contributed by atoms with E-state index in [0.717, 1.165) is 31.4 Å². The molecular weight excluding hydrogens is 443 g/mol. The van der Waals surface area contributed by atoms with Gasteiger partial charge in [0.1, 0.15) is 6.54 Å². The SMILES string of the molecule is O=C(CN1CC(Cl)(c2cccc(C(F)(F)F)c2)N(c2ccccc2)C1=O)N1CCCCC1. The number of piperidine rings is 1. The van der Waals surface area contributed by atoms with Crippen molar-refractivity contribution < 1.29 is 22.8 Å². The normalized spacial score (nSPS) is 21.9. The third-order valence-corrected chi connectivity index (χ3v) is 6.40. The number of likely N-dealkylation sites (tertiary alicyclic amines) is 1. The van der Waals surface area contributed by atoms with E-state index < -0.39 is 22.8 Å². The number of hydrogen-bond donors (Lipinski definition) is 0. The number of amides is 3. The fraction of sp³-hybridized carbons (Fsp3) is 0.391. The number of hydrogen-bond acceptors (Lipinski definition) is 2. The Labute approximate surface area is 189 Å². The van der Waals surface area contributed by atoms with Gasteiger partial charge in [-0.3, -0.25) is 9.69 Å². The fourth-order valence-corrected chi connectivity index (χ4v) is 4.69. The molecule has 0 spiro atoms. The summed E-state index contributed by atoms with van der Waals surface area (Å²) in [6.07, 6.45) is -1.65. The van der Waals surface area contributed by atoms with E-state index >= 15 is 0 Å². The molecule has 5 nitrogen and oxygen atoms in total. The van der Waals surface area contributed by atoms with Crippen molar-refractivity contribution in [1.29, 1.82) is 0 Å². The molecule has 2 aromatic rings. The predicted octanol–water partition coefficient (Wildman–Crippen LogP) is 5.05. The maximum Gasteiger partial charge on any atom is 0.416 e. The van der Waals surface area contributed by atoms with Crippen LogP contribution in [0.25, 0.3) is 0 Å². The molecule has 2 aliphatic heterocycles. The molecule has 4 rings (SSSR count). The average molecular weight is 466 g/mol. The Morgan fingerprint density at radius 1 is 1.00 bits per heavy atom. The molecule has 32 heavy (non-hydrogen) atoms. The fourth-order valence-electron chi connectivity index (χ4n) is 4.26. The molecule has 2 saturated heterocycles. The summed E-state index contributed by atoms with van der Waals surface area (Å²) < 4.78 is 40.0. The zero-order valence-corrected chi connectivity index (χ0v) is 18.1.